The normalized spacial score (nSPS) is 10.8. The molecule has 0 saturated heterocycles. The molecule has 0 saturated carbocycles. The first-order valence-corrected chi connectivity index (χ1v) is 6.61. The summed E-state index contributed by atoms with van der Waals surface area (Å²) >= 11 is 0. The number of rotatable bonds is 6. The molecule has 1 heterocycles. The summed E-state index contributed by atoms with van der Waals surface area (Å²) in [5, 5.41) is 1.13. The van der Waals surface area contributed by atoms with Crippen LogP contribution in [0.25, 0.3) is 11.0 Å². The maximum atomic E-state index is 11.8. The van der Waals surface area contributed by atoms with Gasteiger partial charge in [-0.15, -0.1) is 0 Å². The van der Waals surface area contributed by atoms with Gasteiger partial charge in [0, 0.05) is 25.4 Å². The number of hydrogen-bond acceptors (Lipinski definition) is 3. The van der Waals surface area contributed by atoms with Crippen molar-refractivity contribution in [1.82, 2.24) is 4.90 Å². The number of benzene rings is 1. The molecule has 2 aromatic rings. The van der Waals surface area contributed by atoms with Crippen LogP contribution in [0.4, 0.5) is 0 Å². The van der Waals surface area contributed by atoms with Crippen LogP contribution in [0.3, 0.4) is 0 Å². The molecule has 1 aromatic heterocycles. The van der Waals surface area contributed by atoms with Gasteiger partial charge in [-0.05, 0) is 31.0 Å². The van der Waals surface area contributed by atoms with Crippen LogP contribution in [0, 0.1) is 0 Å². The summed E-state index contributed by atoms with van der Waals surface area (Å²) in [4.78, 5) is 13.5. The molecule has 0 atom stereocenters. The van der Waals surface area contributed by atoms with Gasteiger partial charge in [-0.3, -0.25) is 4.79 Å². The highest BCUT2D eigenvalue weighted by molar-refractivity contribution is 5.81. The molecule has 0 radical (unpaired) electrons. The Labute approximate surface area is 113 Å². The first-order valence-electron chi connectivity index (χ1n) is 6.61. The van der Waals surface area contributed by atoms with Crippen LogP contribution in [0.15, 0.2) is 34.9 Å². The van der Waals surface area contributed by atoms with Crippen molar-refractivity contribution in [2.45, 2.75) is 19.3 Å². The Morgan fingerprint density at radius 2 is 2.16 bits per heavy atom. The van der Waals surface area contributed by atoms with Gasteiger partial charge in [0.05, 0.1) is 6.26 Å². The third-order valence-corrected chi connectivity index (χ3v) is 3.30. The van der Waals surface area contributed by atoms with Gasteiger partial charge in [0.25, 0.3) is 0 Å². The molecule has 2 N–H and O–H groups in total. The van der Waals surface area contributed by atoms with Crippen LogP contribution in [-0.2, 0) is 11.2 Å². The van der Waals surface area contributed by atoms with E-state index in [-0.39, 0.29) is 5.91 Å². The van der Waals surface area contributed by atoms with Crippen molar-refractivity contribution in [2.75, 3.05) is 20.1 Å². The Balaban J connectivity index is 1.93. The summed E-state index contributed by atoms with van der Waals surface area (Å²) in [7, 11) is 1.83. The van der Waals surface area contributed by atoms with Crippen LogP contribution in [0.1, 0.15) is 18.4 Å². The molecule has 0 aliphatic rings. The lowest BCUT2D eigenvalue weighted by Crippen LogP contribution is -2.29. The van der Waals surface area contributed by atoms with Gasteiger partial charge in [0.2, 0.25) is 5.91 Å². The minimum atomic E-state index is 0.151. The summed E-state index contributed by atoms with van der Waals surface area (Å²) < 4.78 is 5.49. The number of hydrogen-bond donors (Lipinski definition) is 1. The molecule has 0 spiro atoms. The molecule has 0 aliphatic carbocycles. The summed E-state index contributed by atoms with van der Waals surface area (Å²) in [6, 6.07) is 7.95. The van der Waals surface area contributed by atoms with Gasteiger partial charge in [0.15, 0.2) is 0 Å². The molecule has 0 bridgehead atoms. The molecule has 2 rings (SSSR count). The number of furan rings is 1. The highest BCUT2D eigenvalue weighted by atomic mass is 16.3. The minimum Gasteiger partial charge on any atom is -0.464 e. The Bertz CT molecular complexity index is 548. The lowest BCUT2D eigenvalue weighted by atomic mass is 10.1. The zero-order valence-corrected chi connectivity index (χ0v) is 11.3. The molecule has 0 aliphatic heterocycles. The molecule has 4 heteroatoms. The second kappa shape index (κ2) is 6.38. The molecule has 19 heavy (non-hydrogen) atoms. The van der Waals surface area contributed by atoms with Crippen molar-refractivity contribution in [3.63, 3.8) is 0 Å². The minimum absolute atomic E-state index is 0.151. The second-order valence-electron chi connectivity index (χ2n) is 4.71. The highest BCUT2D eigenvalue weighted by Gasteiger charge is 2.10. The van der Waals surface area contributed by atoms with Gasteiger partial charge in [-0.2, -0.15) is 0 Å². The highest BCUT2D eigenvalue weighted by Crippen LogP contribution is 2.21. The van der Waals surface area contributed by atoms with E-state index in [1.807, 2.05) is 31.3 Å². The van der Waals surface area contributed by atoms with Gasteiger partial charge < -0.3 is 15.1 Å². The average Bonchev–Trinajstić information content (AvgIpc) is 2.85. The molecule has 4 nitrogen and oxygen atoms in total. The largest absolute Gasteiger partial charge is 0.464 e. The van der Waals surface area contributed by atoms with E-state index in [0.29, 0.717) is 19.5 Å². The van der Waals surface area contributed by atoms with E-state index in [4.69, 9.17) is 10.2 Å². The monoisotopic (exact) mass is 260 g/mol. The summed E-state index contributed by atoms with van der Waals surface area (Å²) in [5.41, 5.74) is 7.45. The number of carbonyl (C=O) groups excluding carboxylic acids is 1. The lowest BCUT2D eigenvalue weighted by Gasteiger charge is -2.16. The van der Waals surface area contributed by atoms with Crippen molar-refractivity contribution in [3.8, 4) is 0 Å². The zero-order valence-electron chi connectivity index (χ0n) is 11.3. The van der Waals surface area contributed by atoms with Gasteiger partial charge in [0.1, 0.15) is 5.58 Å². The van der Waals surface area contributed by atoms with Crippen molar-refractivity contribution in [2.24, 2.45) is 5.73 Å². The number of para-hydroxylation sites is 1. The number of fused-ring (bicyclic) bond motifs is 1. The molecule has 102 valence electrons. The maximum Gasteiger partial charge on any atom is 0.222 e. The van der Waals surface area contributed by atoms with E-state index in [1.165, 1.54) is 0 Å². The molecule has 0 unspecified atom stereocenters. The number of likely N-dealkylation sites (N-methyl/N-ethyl adjacent to an activating group) is 1. The fraction of sp³-hybridized carbons (Fsp3) is 0.400. The van der Waals surface area contributed by atoms with E-state index in [2.05, 4.69) is 0 Å². The zero-order chi connectivity index (χ0) is 13.7. The molecular formula is C15H20N2O2. The summed E-state index contributed by atoms with van der Waals surface area (Å²) in [6.07, 6.45) is 3.86. The third-order valence-electron chi connectivity index (χ3n) is 3.30. The van der Waals surface area contributed by atoms with E-state index in [9.17, 15) is 4.79 Å². The van der Waals surface area contributed by atoms with Crippen LogP contribution in [0.2, 0.25) is 0 Å². The van der Waals surface area contributed by atoms with E-state index in [0.717, 1.165) is 29.4 Å². The predicted molar refractivity (Wildman–Crippen MR) is 75.8 cm³/mol. The quantitative estimate of drug-likeness (QED) is 0.866. The fourth-order valence-electron chi connectivity index (χ4n) is 2.08. The predicted octanol–water partition coefficient (Wildman–Crippen LogP) is 2.17. The average molecular weight is 260 g/mol. The Morgan fingerprint density at radius 1 is 1.37 bits per heavy atom. The van der Waals surface area contributed by atoms with Gasteiger partial charge in [-0.1, -0.05) is 18.2 Å². The standard InChI is InChI=1S/C15H20N2O2/c1-17(15(18)7-4-9-16)10-8-12-11-19-14-6-3-2-5-13(12)14/h2-3,5-6,11H,4,7-10,16H2,1H3. The van der Waals surface area contributed by atoms with E-state index >= 15 is 0 Å². The number of carbonyl (C=O) groups is 1. The van der Waals surface area contributed by atoms with E-state index < -0.39 is 0 Å². The van der Waals surface area contributed by atoms with E-state index in [1.54, 1.807) is 11.2 Å². The van der Waals surface area contributed by atoms with Crippen LogP contribution in [-0.4, -0.2) is 30.9 Å². The first-order chi connectivity index (χ1) is 9.22. The summed E-state index contributed by atoms with van der Waals surface area (Å²) in [6.45, 7) is 1.26. The second-order valence-corrected chi connectivity index (χ2v) is 4.71. The molecular weight excluding hydrogens is 240 g/mol. The van der Waals surface area contributed by atoms with Crippen LogP contribution >= 0.6 is 0 Å². The number of amides is 1. The maximum absolute atomic E-state index is 11.8. The van der Waals surface area contributed by atoms with Crippen molar-refractivity contribution < 1.29 is 9.21 Å². The molecule has 0 fully saturated rings. The fourth-order valence-corrected chi connectivity index (χ4v) is 2.08. The van der Waals surface area contributed by atoms with Gasteiger partial charge in [-0.25, -0.2) is 0 Å². The third kappa shape index (κ3) is 3.35. The van der Waals surface area contributed by atoms with Crippen molar-refractivity contribution >= 4 is 16.9 Å². The topological polar surface area (TPSA) is 59.5 Å². The van der Waals surface area contributed by atoms with Gasteiger partial charge >= 0.3 is 0 Å². The molecule has 1 amide bonds. The first kappa shape index (κ1) is 13.6. The lowest BCUT2D eigenvalue weighted by molar-refractivity contribution is -0.129. The Morgan fingerprint density at radius 3 is 2.95 bits per heavy atom. The van der Waals surface area contributed by atoms with Crippen LogP contribution < -0.4 is 5.73 Å². The smallest absolute Gasteiger partial charge is 0.222 e. The Hall–Kier alpha value is -1.81. The summed E-state index contributed by atoms with van der Waals surface area (Å²) in [5.74, 6) is 0.151. The van der Waals surface area contributed by atoms with Crippen LogP contribution in [0.5, 0.6) is 0 Å². The number of nitrogens with two attached hydrogens (primary N) is 1. The SMILES string of the molecule is CN(CCc1coc2ccccc12)C(=O)CCCN. The van der Waals surface area contributed by atoms with Crippen molar-refractivity contribution in [3.05, 3.63) is 36.1 Å². The van der Waals surface area contributed by atoms with Crippen molar-refractivity contribution in [1.29, 1.82) is 0 Å². The number of nitrogens with zero attached hydrogens (tertiary/aromatic N) is 1. The molecule has 1 aromatic carbocycles. The Kier molecular flexibility index (Phi) is 4.58.